The van der Waals surface area contributed by atoms with E-state index in [1.165, 1.54) is 18.2 Å². The van der Waals surface area contributed by atoms with Crippen LogP contribution in [-0.2, 0) is 14.3 Å². The molecule has 2 aromatic rings. The molecule has 1 atom stereocenters. The van der Waals surface area contributed by atoms with Crippen LogP contribution in [0, 0.1) is 5.82 Å². The molecule has 4 N–H and O–H groups in total. The lowest BCUT2D eigenvalue weighted by atomic mass is 9.92. The minimum absolute atomic E-state index is 0.0986. The number of rotatable bonds is 3. The number of hydrogen-bond acceptors (Lipinski definition) is 7. The molecule has 0 aliphatic carbocycles. The summed E-state index contributed by atoms with van der Waals surface area (Å²) >= 11 is 0. The first kappa shape index (κ1) is 18.1. The van der Waals surface area contributed by atoms with Gasteiger partial charge in [0.15, 0.2) is 0 Å². The number of hydrogen-bond donors (Lipinski definition) is 3. The maximum absolute atomic E-state index is 13.4. The van der Waals surface area contributed by atoms with E-state index >= 15 is 0 Å². The number of anilines is 4. The van der Waals surface area contributed by atoms with Gasteiger partial charge in [0.1, 0.15) is 17.5 Å². The van der Waals surface area contributed by atoms with Crippen molar-refractivity contribution in [3.8, 4) is 0 Å². The molecule has 1 aromatic carbocycles. The monoisotopic (exact) mass is 386 g/mol. The van der Waals surface area contributed by atoms with Crippen LogP contribution in [0.2, 0.25) is 0 Å². The van der Waals surface area contributed by atoms with Crippen LogP contribution in [0.1, 0.15) is 17.9 Å². The van der Waals surface area contributed by atoms with E-state index in [4.69, 9.17) is 10.5 Å². The number of fused-ring (bicyclic) bond motifs is 1. The highest BCUT2D eigenvalue weighted by atomic mass is 19.1. The number of nitrogens with zero attached hydrogens (tertiary/aromatic N) is 3. The molecule has 2 aliphatic rings. The molecule has 1 saturated heterocycles. The molecule has 1 unspecified atom stereocenters. The van der Waals surface area contributed by atoms with E-state index in [1.807, 2.05) is 4.90 Å². The van der Waals surface area contributed by atoms with Crippen molar-refractivity contribution in [1.82, 2.24) is 9.97 Å². The van der Waals surface area contributed by atoms with Gasteiger partial charge in [-0.1, -0.05) is 6.07 Å². The van der Waals surface area contributed by atoms with E-state index in [1.54, 1.807) is 6.07 Å². The normalized spacial score (nSPS) is 19.0. The number of morpholine rings is 1. The standard InChI is InChI=1S/C18H19FN6O3/c19-10-2-1-3-11(8-10)21-17(27)12-9-13(26)22-16-14(12)15(20)23-18(24-16)25-4-6-28-7-5-25/h1-3,8,12H,4-7,9H2,(H,21,27)(H3,20,22,23,24,26). The van der Waals surface area contributed by atoms with Gasteiger partial charge < -0.3 is 26.0 Å². The van der Waals surface area contributed by atoms with Crippen molar-refractivity contribution >= 4 is 35.1 Å². The Kier molecular flexibility index (Phi) is 4.78. The van der Waals surface area contributed by atoms with Crippen LogP contribution in [0.3, 0.4) is 0 Å². The summed E-state index contributed by atoms with van der Waals surface area (Å²) in [5, 5.41) is 5.29. The van der Waals surface area contributed by atoms with E-state index in [9.17, 15) is 14.0 Å². The van der Waals surface area contributed by atoms with Gasteiger partial charge in [0.25, 0.3) is 0 Å². The molecule has 0 spiro atoms. The zero-order valence-corrected chi connectivity index (χ0v) is 14.9. The summed E-state index contributed by atoms with van der Waals surface area (Å²) in [7, 11) is 0. The minimum atomic E-state index is -0.870. The van der Waals surface area contributed by atoms with Gasteiger partial charge in [-0.05, 0) is 18.2 Å². The number of aromatic nitrogens is 2. The van der Waals surface area contributed by atoms with Crippen LogP contribution in [0.5, 0.6) is 0 Å². The fourth-order valence-electron chi connectivity index (χ4n) is 3.31. The molecule has 0 radical (unpaired) electrons. The van der Waals surface area contributed by atoms with Crippen LogP contribution in [0.25, 0.3) is 0 Å². The Morgan fingerprint density at radius 2 is 2.11 bits per heavy atom. The first-order chi connectivity index (χ1) is 13.5. The van der Waals surface area contributed by atoms with Crippen molar-refractivity contribution in [1.29, 1.82) is 0 Å². The summed E-state index contributed by atoms with van der Waals surface area (Å²) in [6.07, 6.45) is -0.0986. The Morgan fingerprint density at radius 1 is 1.32 bits per heavy atom. The van der Waals surface area contributed by atoms with E-state index in [0.717, 1.165) is 0 Å². The van der Waals surface area contributed by atoms with Crippen LogP contribution in [0.15, 0.2) is 24.3 Å². The van der Waals surface area contributed by atoms with Crippen molar-refractivity contribution in [3.63, 3.8) is 0 Å². The van der Waals surface area contributed by atoms with Gasteiger partial charge in [0, 0.05) is 25.2 Å². The highest BCUT2D eigenvalue weighted by Crippen LogP contribution is 2.36. The molecule has 9 nitrogen and oxygen atoms in total. The average molecular weight is 386 g/mol. The van der Waals surface area contributed by atoms with Crippen molar-refractivity contribution < 1.29 is 18.7 Å². The first-order valence-corrected chi connectivity index (χ1v) is 8.87. The number of benzene rings is 1. The molecule has 2 amide bonds. The second kappa shape index (κ2) is 7.39. The Balaban J connectivity index is 1.64. The molecule has 28 heavy (non-hydrogen) atoms. The third-order valence-electron chi connectivity index (χ3n) is 4.66. The van der Waals surface area contributed by atoms with E-state index in [2.05, 4.69) is 20.6 Å². The first-order valence-electron chi connectivity index (χ1n) is 8.87. The van der Waals surface area contributed by atoms with Crippen molar-refractivity contribution in [3.05, 3.63) is 35.6 Å². The van der Waals surface area contributed by atoms with Crippen LogP contribution in [-0.4, -0.2) is 48.1 Å². The molecule has 1 aromatic heterocycles. The maximum Gasteiger partial charge on any atom is 0.232 e. The molecule has 2 aliphatic heterocycles. The molecule has 0 bridgehead atoms. The van der Waals surface area contributed by atoms with E-state index in [0.29, 0.717) is 43.5 Å². The summed E-state index contributed by atoms with van der Waals surface area (Å²) in [5.41, 5.74) is 6.80. The fraction of sp³-hybridized carbons (Fsp3) is 0.333. The minimum Gasteiger partial charge on any atom is -0.383 e. The van der Waals surface area contributed by atoms with Gasteiger partial charge >= 0.3 is 0 Å². The SMILES string of the molecule is Nc1nc(N2CCOCC2)nc2c1C(C(=O)Nc1cccc(F)c1)CC(=O)N2. The highest BCUT2D eigenvalue weighted by Gasteiger charge is 2.35. The molecule has 4 rings (SSSR count). The summed E-state index contributed by atoms with van der Waals surface area (Å²) in [6, 6.07) is 5.52. The number of carbonyl (C=O) groups excluding carboxylic acids is 2. The van der Waals surface area contributed by atoms with Gasteiger partial charge in [-0.25, -0.2) is 4.39 Å². The third kappa shape index (κ3) is 3.58. The van der Waals surface area contributed by atoms with Crippen LogP contribution < -0.4 is 21.3 Å². The van der Waals surface area contributed by atoms with Gasteiger partial charge in [-0.15, -0.1) is 0 Å². The molecule has 146 valence electrons. The van der Waals surface area contributed by atoms with Crippen molar-refractivity contribution in [2.45, 2.75) is 12.3 Å². The molecule has 1 fully saturated rings. The molecular formula is C18H19FN6O3. The van der Waals surface area contributed by atoms with E-state index in [-0.39, 0.29) is 24.0 Å². The van der Waals surface area contributed by atoms with Crippen LogP contribution in [0.4, 0.5) is 27.7 Å². The lowest BCUT2D eigenvalue weighted by Gasteiger charge is -2.30. The fourth-order valence-corrected chi connectivity index (χ4v) is 3.31. The third-order valence-corrected chi connectivity index (χ3v) is 4.66. The Hall–Kier alpha value is -3.27. The summed E-state index contributed by atoms with van der Waals surface area (Å²) in [5.74, 6) is -1.43. The Labute approximate surface area is 160 Å². The smallest absolute Gasteiger partial charge is 0.232 e. The zero-order chi connectivity index (χ0) is 19.7. The molecule has 10 heteroatoms. The molecule has 0 saturated carbocycles. The summed E-state index contributed by atoms with van der Waals surface area (Å²) in [6.45, 7) is 2.31. The Bertz CT molecular complexity index is 932. The lowest BCUT2D eigenvalue weighted by molar-refractivity contribution is -0.123. The average Bonchev–Trinajstić information content (AvgIpc) is 2.67. The number of nitrogens with one attached hydrogen (secondary N) is 2. The number of halogens is 1. The molecular weight excluding hydrogens is 367 g/mol. The second-order valence-electron chi connectivity index (χ2n) is 6.58. The largest absolute Gasteiger partial charge is 0.383 e. The predicted octanol–water partition coefficient (Wildman–Crippen LogP) is 1.10. The quantitative estimate of drug-likeness (QED) is 0.722. The number of nitrogen functional groups attached to an aromatic ring is 1. The molecule has 3 heterocycles. The number of amides is 2. The van der Waals surface area contributed by atoms with Crippen LogP contribution >= 0.6 is 0 Å². The number of ether oxygens (including phenoxy) is 1. The summed E-state index contributed by atoms with van der Waals surface area (Å²) < 4.78 is 18.7. The summed E-state index contributed by atoms with van der Waals surface area (Å²) in [4.78, 5) is 35.6. The highest BCUT2D eigenvalue weighted by molar-refractivity contribution is 6.05. The van der Waals surface area contributed by atoms with Crippen molar-refractivity contribution in [2.75, 3.05) is 47.6 Å². The van der Waals surface area contributed by atoms with Gasteiger partial charge in [-0.3, -0.25) is 9.59 Å². The number of nitrogens with two attached hydrogens (primary N) is 1. The lowest BCUT2D eigenvalue weighted by Crippen LogP contribution is -2.38. The van der Waals surface area contributed by atoms with E-state index < -0.39 is 17.6 Å². The topological polar surface area (TPSA) is 122 Å². The zero-order valence-electron chi connectivity index (χ0n) is 14.9. The Morgan fingerprint density at radius 3 is 2.86 bits per heavy atom. The van der Waals surface area contributed by atoms with Crippen molar-refractivity contribution in [2.24, 2.45) is 0 Å². The van der Waals surface area contributed by atoms with Gasteiger partial charge in [0.05, 0.1) is 24.7 Å². The predicted molar refractivity (Wildman–Crippen MR) is 100 cm³/mol. The number of carbonyl (C=O) groups is 2. The van der Waals surface area contributed by atoms with Gasteiger partial charge in [-0.2, -0.15) is 9.97 Å². The second-order valence-corrected chi connectivity index (χ2v) is 6.58. The maximum atomic E-state index is 13.4. The van der Waals surface area contributed by atoms with Gasteiger partial charge in [0.2, 0.25) is 17.8 Å².